The van der Waals surface area contributed by atoms with Crippen LogP contribution in [0, 0.1) is 0 Å². The molecule has 0 saturated carbocycles. The average Bonchev–Trinajstić information content (AvgIpc) is 1.43. The van der Waals surface area contributed by atoms with Gasteiger partial charge in [-0.05, 0) is 13.3 Å². The zero-order chi connectivity index (χ0) is 10.9. The monoisotopic (exact) mass is 246 g/mol. The number of hydrogen-bond acceptors (Lipinski definition) is 4. The Labute approximate surface area is 79.0 Å². The fraction of sp³-hybridized carbons (Fsp3) is 1.00. The first-order valence-electron chi connectivity index (χ1n) is 3.53. The Morgan fingerprint density at radius 1 is 1.23 bits per heavy atom. The first kappa shape index (κ1) is 13.7. The zero-order valence-electron chi connectivity index (χ0n) is 8.13. The predicted molar refractivity (Wildman–Crippen MR) is 57.3 cm³/mol. The highest BCUT2D eigenvalue weighted by Gasteiger charge is 2.31. The van der Waals surface area contributed by atoms with Gasteiger partial charge in [0, 0.05) is 6.66 Å². The fourth-order valence-corrected chi connectivity index (χ4v) is 7.34. The summed E-state index contributed by atoms with van der Waals surface area (Å²) >= 11 is 0. The summed E-state index contributed by atoms with van der Waals surface area (Å²) in [4.78, 5) is 9.17. The third kappa shape index (κ3) is 8.99. The van der Waals surface area contributed by atoms with Crippen LogP contribution in [0.2, 0.25) is 0 Å². The molecule has 0 amide bonds. The van der Waals surface area contributed by atoms with Gasteiger partial charge in [0.25, 0.3) is 0 Å². The predicted octanol–water partition coefficient (Wildman–Crippen LogP) is 1.22. The van der Waals surface area contributed by atoms with E-state index in [1.165, 1.54) is 27.6 Å². The van der Waals surface area contributed by atoms with Gasteiger partial charge in [-0.25, -0.2) is 0 Å². The minimum atomic E-state index is -3.96. The molecule has 5 nitrogen and oxygen atoms in total. The van der Waals surface area contributed by atoms with Crippen LogP contribution >= 0.6 is 22.0 Å². The normalized spacial score (nSPS) is 21.8. The van der Waals surface area contributed by atoms with Crippen molar-refractivity contribution >= 4 is 29.6 Å². The van der Waals surface area contributed by atoms with Crippen LogP contribution in [0.15, 0.2) is 0 Å². The van der Waals surface area contributed by atoms with Crippen LogP contribution in [0.4, 0.5) is 0 Å². The van der Waals surface area contributed by atoms with Crippen molar-refractivity contribution in [1.29, 1.82) is 0 Å². The van der Waals surface area contributed by atoms with E-state index in [1.807, 2.05) is 0 Å². The van der Waals surface area contributed by atoms with Crippen LogP contribution in [0.25, 0.3) is 0 Å². The van der Waals surface area contributed by atoms with Crippen LogP contribution in [0.1, 0.15) is 0 Å². The van der Waals surface area contributed by atoms with Crippen LogP contribution in [-0.2, 0) is 18.0 Å². The van der Waals surface area contributed by atoms with Gasteiger partial charge in [0.1, 0.15) is 5.90 Å². The Balaban J connectivity index is 4.54. The van der Waals surface area contributed by atoms with Crippen molar-refractivity contribution in [1.82, 2.24) is 0 Å². The van der Waals surface area contributed by atoms with Gasteiger partial charge < -0.3 is 14.0 Å². The lowest BCUT2D eigenvalue weighted by atomic mass is 10.8. The molecule has 13 heavy (non-hydrogen) atoms. The Kier molecular flexibility index (Phi) is 4.25. The van der Waals surface area contributed by atoms with Gasteiger partial charge in [-0.1, -0.05) is 0 Å². The minimum absolute atomic E-state index is 0.425. The summed E-state index contributed by atoms with van der Waals surface area (Å²) in [6, 6.07) is 0. The molecule has 0 aromatic rings. The van der Waals surface area contributed by atoms with Gasteiger partial charge in [-0.15, -0.1) is 0 Å². The number of hydrogen-bond donors (Lipinski definition) is 1. The molecule has 0 aromatic heterocycles. The van der Waals surface area contributed by atoms with E-state index >= 15 is 0 Å². The summed E-state index contributed by atoms with van der Waals surface area (Å²) in [6.45, 7) is 4.01. The number of rotatable bonds is 4. The first-order valence-corrected chi connectivity index (χ1v) is 10.6. The fourth-order valence-electron chi connectivity index (χ4n) is 0.763. The zero-order valence-corrected chi connectivity index (χ0v) is 10.8. The molecule has 78 valence electrons. The highest BCUT2D eigenvalue weighted by Crippen LogP contribution is 2.63. The maximum Gasteiger partial charge on any atom is 0.340 e. The van der Waals surface area contributed by atoms with E-state index in [2.05, 4.69) is 4.31 Å². The Hall–Kier alpha value is 0.675. The molecule has 0 aromatic carbocycles. The van der Waals surface area contributed by atoms with Gasteiger partial charge in [0.2, 0.25) is 7.57 Å². The molecule has 0 heterocycles. The molecule has 0 spiro atoms. The van der Waals surface area contributed by atoms with Gasteiger partial charge in [-0.3, -0.25) is 8.88 Å². The van der Waals surface area contributed by atoms with Crippen molar-refractivity contribution in [2.75, 3.05) is 25.9 Å². The Morgan fingerprint density at radius 3 is 1.85 bits per heavy atom. The van der Waals surface area contributed by atoms with Crippen molar-refractivity contribution in [2.24, 2.45) is 0 Å². The van der Waals surface area contributed by atoms with Gasteiger partial charge >= 0.3 is 7.60 Å². The molecule has 0 fully saturated rings. The van der Waals surface area contributed by atoms with Gasteiger partial charge in [-0.2, -0.15) is 0 Å². The van der Waals surface area contributed by atoms with E-state index in [9.17, 15) is 18.6 Å². The van der Waals surface area contributed by atoms with Crippen LogP contribution < -0.4 is 0 Å². The van der Waals surface area contributed by atoms with Crippen molar-refractivity contribution in [2.45, 2.75) is 0 Å². The highest BCUT2D eigenvalue weighted by molar-refractivity contribution is 7.88. The smallest absolute Gasteiger partial charge is 0.324 e. The van der Waals surface area contributed by atoms with Crippen LogP contribution in [-0.4, -0.2) is 38.4 Å². The molecule has 0 aliphatic heterocycles. The third-order valence-electron chi connectivity index (χ3n) is 0.844. The molecular formula is C4H14BO5P3. The molecule has 0 rings (SSSR count). The molecule has 9 heteroatoms. The molecule has 0 aliphatic carbocycles. The second kappa shape index (κ2) is 4.04. The maximum absolute atomic E-state index is 11.2. The summed E-state index contributed by atoms with van der Waals surface area (Å²) in [5.41, 5.74) is 0. The average molecular weight is 246 g/mol. The van der Waals surface area contributed by atoms with Gasteiger partial charge in [0.15, 0.2) is 7.25 Å². The van der Waals surface area contributed by atoms with E-state index in [-0.39, 0.29) is 0 Å². The van der Waals surface area contributed by atoms with E-state index in [1.54, 1.807) is 0 Å². The molecular weight excluding hydrogens is 232 g/mol. The quantitative estimate of drug-likeness (QED) is 0.595. The summed E-state index contributed by atoms with van der Waals surface area (Å²) in [5.74, 6) is -0.425. The molecule has 0 saturated heterocycles. The maximum atomic E-state index is 11.2. The lowest BCUT2D eigenvalue weighted by Gasteiger charge is -2.16. The summed E-state index contributed by atoms with van der Waals surface area (Å²) in [6.07, 6.45) is 0. The molecule has 2 unspecified atom stereocenters. The molecule has 0 aliphatic rings. The first-order chi connectivity index (χ1) is 5.41. The summed E-state index contributed by atoms with van der Waals surface area (Å²) in [7, 11) is -8.36. The summed E-state index contributed by atoms with van der Waals surface area (Å²) in [5, 5.41) is 0. The lowest BCUT2D eigenvalue weighted by molar-refractivity contribution is 0.387. The van der Waals surface area contributed by atoms with Crippen molar-refractivity contribution in [3.8, 4) is 0 Å². The molecule has 0 radical (unpaired) electrons. The van der Waals surface area contributed by atoms with Crippen LogP contribution in [0.3, 0.4) is 0 Å². The lowest BCUT2D eigenvalue weighted by Crippen LogP contribution is -1.93. The Bertz CT molecular complexity index is 286. The van der Waals surface area contributed by atoms with Gasteiger partial charge in [0.05, 0.1) is 7.14 Å². The largest absolute Gasteiger partial charge is 0.340 e. The van der Waals surface area contributed by atoms with Crippen molar-refractivity contribution < 1.29 is 22.9 Å². The topological polar surface area (TPSA) is 80.7 Å². The van der Waals surface area contributed by atoms with Crippen molar-refractivity contribution in [3.05, 3.63) is 0 Å². The second-order valence-electron chi connectivity index (χ2n) is 3.69. The molecule has 1 N–H and O–H groups in total. The molecule has 0 bridgehead atoms. The van der Waals surface area contributed by atoms with E-state index in [4.69, 9.17) is 0 Å². The van der Waals surface area contributed by atoms with E-state index in [0.29, 0.717) is 0 Å². The third-order valence-corrected chi connectivity index (χ3v) is 7.59. The summed E-state index contributed by atoms with van der Waals surface area (Å²) < 4.78 is 38.0. The SMILES string of the molecule is BP(C)(=O)OP(=O)(O)CP(C)(C)=O. The van der Waals surface area contributed by atoms with Crippen LogP contribution in [0.5, 0.6) is 0 Å². The highest BCUT2D eigenvalue weighted by atomic mass is 31.3. The van der Waals surface area contributed by atoms with Crippen molar-refractivity contribution in [3.63, 3.8) is 0 Å². The minimum Gasteiger partial charge on any atom is -0.324 e. The second-order valence-corrected chi connectivity index (χ2v) is 12.4. The van der Waals surface area contributed by atoms with E-state index < -0.39 is 27.9 Å². The Morgan fingerprint density at radius 2 is 1.62 bits per heavy atom. The molecule has 2 atom stereocenters. The van der Waals surface area contributed by atoms with E-state index in [0.717, 1.165) is 0 Å². The standard InChI is InChI=1S/C4H14BO5P3/c1-11(2,6)4-13(8,9)10-12(3,5)7/h4-5H2,1-3H3,(H,8,9).